The van der Waals surface area contributed by atoms with Crippen LogP contribution >= 0.6 is 0 Å². The van der Waals surface area contributed by atoms with E-state index in [0.717, 1.165) is 69.0 Å². The Hall–Kier alpha value is -2.91. The van der Waals surface area contributed by atoms with E-state index < -0.39 is 24.2 Å². The maximum atomic E-state index is 14.4. The highest BCUT2D eigenvalue weighted by Gasteiger charge is 2.55. The number of fused-ring (bicyclic) bond motifs is 3. The average molecular weight is 607 g/mol. The van der Waals surface area contributed by atoms with Gasteiger partial charge in [-0.25, -0.2) is 0 Å². The highest BCUT2D eigenvalue weighted by molar-refractivity contribution is 5.96. The summed E-state index contributed by atoms with van der Waals surface area (Å²) in [5.41, 5.74) is 1.41. The summed E-state index contributed by atoms with van der Waals surface area (Å²) in [6.07, 6.45) is 12.7. The summed E-state index contributed by atoms with van der Waals surface area (Å²) >= 11 is 0. The second-order valence-electron chi connectivity index (χ2n) is 14.7. The summed E-state index contributed by atoms with van der Waals surface area (Å²) in [5.74, 6) is 2.29. The van der Waals surface area contributed by atoms with E-state index in [1.807, 2.05) is 4.90 Å². The molecule has 44 heavy (non-hydrogen) atoms. The number of methoxy groups -OCH3 is 1. The van der Waals surface area contributed by atoms with Crippen LogP contribution < -0.4 is 14.8 Å². The number of aldehydes is 1. The predicted molar refractivity (Wildman–Crippen MR) is 162 cm³/mol. The van der Waals surface area contributed by atoms with Crippen LogP contribution in [0.1, 0.15) is 92.5 Å². The molecule has 9 heteroatoms. The molecule has 8 rings (SSSR count). The number of nitrogens with zero attached hydrogens (tertiary/aromatic N) is 1. The number of nitrogens with one attached hydrogen (secondary N) is 1. The lowest BCUT2D eigenvalue weighted by atomic mass is 9.49. The van der Waals surface area contributed by atoms with Crippen LogP contribution in [0.15, 0.2) is 23.8 Å². The molecule has 4 atom stereocenters. The number of ether oxygens (including phenoxy) is 2. The summed E-state index contributed by atoms with van der Waals surface area (Å²) in [4.78, 5) is 41.8. The van der Waals surface area contributed by atoms with Gasteiger partial charge in [-0.3, -0.25) is 14.4 Å². The van der Waals surface area contributed by atoms with Gasteiger partial charge in [0.05, 0.1) is 25.7 Å². The average Bonchev–Trinajstić information content (AvgIpc) is 3.66. The van der Waals surface area contributed by atoms with Crippen molar-refractivity contribution in [3.63, 3.8) is 0 Å². The van der Waals surface area contributed by atoms with Gasteiger partial charge in [0.1, 0.15) is 18.5 Å². The van der Waals surface area contributed by atoms with Crippen molar-refractivity contribution in [3.05, 3.63) is 34.9 Å². The largest absolute Gasteiger partial charge is 0.493 e. The van der Waals surface area contributed by atoms with Crippen molar-refractivity contribution in [2.75, 3.05) is 26.8 Å². The summed E-state index contributed by atoms with van der Waals surface area (Å²) in [6.45, 7) is 0.450. The first kappa shape index (κ1) is 29.8. The topological polar surface area (TPSA) is 125 Å². The van der Waals surface area contributed by atoms with Gasteiger partial charge in [-0.15, -0.1) is 0 Å². The van der Waals surface area contributed by atoms with Gasteiger partial charge < -0.3 is 29.9 Å². The summed E-state index contributed by atoms with van der Waals surface area (Å²) in [7, 11) is 1.49. The number of aliphatic hydroxyl groups excluding tert-OH is 2. The Labute approximate surface area is 259 Å². The first-order valence-corrected chi connectivity index (χ1v) is 16.7. The molecule has 6 aliphatic carbocycles. The Kier molecular flexibility index (Phi) is 7.98. The molecule has 0 unspecified atom stereocenters. The molecule has 0 saturated heterocycles. The zero-order valence-electron chi connectivity index (χ0n) is 25.7. The van der Waals surface area contributed by atoms with Crippen molar-refractivity contribution in [1.29, 1.82) is 0 Å². The van der Waals surface area contributed by atoms with Crippen molar-refractivity contribution < 1.29 is 34.1 Å². The molecule has 5 fully saturated rings. The van der Waals surface area contributed by atoms with Crippen LogP contribution in [0.3, 0.4) is 0 Å². The number of aliphatic hydroxyl groups is 2. The zero-order chi connectivity index (χ0) is 30.6. The minimum absolute atomic E-state index is 0.0470. The van der Waals surface area contributed by atoms with Gasteiger partial charge in [-0.05, 0) is 98.7 Å². The van der Waals surface area contributed by atoms with Gasteiger partial charge in [-0.2, -0.15) is 0 Å². The first-order valence-electron chi connectivity index (χ1n) is 16.7. The number of rotatable bonds is 10. The van der Waals surface area contributed by atoms with Gasteiger partial charge in [0, 0.05) is 36.2 Å². The molecule has 2 amide bonds. The molecule has 5 saturated carbocycles. The number of hydrogen-bond donors (Lipinski definition) is 3. The zero-order valence-corrected chi connectivity index (χ0v) is 25.7. The van der Waals surface area contributed by atoms with Crippen LogP contribution in [0.5, 0.6) is 11.5 Å². The molecule has 3 N–H and O–H groups in total. The Balaban J connectivity index is 1.28. The van der Waals surface area contributed by atoms with E-state index in [-0.39, 0.29) is 30.4 Å². The molecule has 0 spiro atoms. The Morgan fingerprint density at radius 2 is 1.80 bits per heavy atom. The van der Waals surface area contributed by atoms with Crippen LogP contribution in [0, 0.1) is 29.1 Å². The van der Waals surface area contributed by atoms with Gasteiger partial charge in [0.15, 0.2) is 11.5 Å². The standard InChI is InChI=1S/C35H46N2O7/c1-43-28-12-24(18-39)11-25-30-26(34(42)36-6-7-38)14-27(31(41)33(30)44-32(25)28)37(29(40)13-20-4-2-3-5-20)19-35-15-21-8-22(16-35)10-23(9-21)17-35/h11-12,14,18,20-23,27,30-31,33,38,41H,2-10,13,15-17,19H2,1H3,(H,36,42)/t21?,22?,23?,27-,30+,31+,33+,35?/m1/s1. The van der Waals surface area contributed by atoms with Gasteiger partial charge >= 0.3 is 0 Å². The van der Waals surface area contributed by atoms with Gasteiger partial charge in [0.2, 0.25) is 11.8 Å². The molecule has 1 aliphatic heterocycles. The first-order chi connectivity index (χ1) is 21.3. The fourth-order valence-corrected chi connectivity index (χ4v) is 10.3. The number of hydrogen-bond acceptors (Lipinski definition) is 7. The highest BCUT2D eigenvalue weighted by atomic mass is 16.5. The van der Waals surface area contributed by atoms with Gasteiger partial charge in [0.25, 0.3) is 0 Å². The van der Waals surface area contributed by atoms with Crippen LogP contribution in [-0.4, -0.2) is 78.3 Å². The van der Waals surface area contributed by atoms with E-state index in [1.165, 1.54) is 26.4 Å². The molecule has 9 nitrogen and oxygen atoms in total. The van der Waals surface area contributed by atoms with Crippen molar-refractivity contribution in [2.24, 2.45) is 29.1 Å². The third kappa shape index (κ3) is 5.23. The molecular formula is C35H46N2O7. The lowest BCUT2D eigenvalue weighted by molar-refractivity contribution is -0.146. The van der Waals surface area contributed by atoms with E-state index >= 15 is 0 Å². The quantitative estimate of drug-likeness (QED) is 0.347. The van der Waals surface area contributed by atoms with E-state index in [0.29, 0.717) is 47.1 Å². The molecule has 238 valence electrons. The monoisotopic (exact) mass is 606 g/mol. The van der Waals surface area contributed by atoms with Gasteiger partial charge in [-0.1, -0.05) is 12.8 Å². The summed E-state index contributed by atoms with van der Waals surface area (Å²) < 4.78 is 12.0. The second-order valence-corrected chi connectivity index (χ2v) is 14.7. The van der Waals surface area contributed by atoms with Crippen LogP contribution in [0.25, 0.3) is 0 Å². The molecular weight excluding hydrogens is 560 g/mol. The smallest absolute Gasteiger partial charge is 0.247 e. The third-order valence-corrected chi connectivity index (χ3v) is 11.7. The molecule has 1 heterocycles. The minimum Gasteiger partial charge on any atom is -0.493 e. The maximum absolute atomic E-state index is 14.4. The second kappa shape index (κ2) is 11.8. The van der Waals surface area contributed by atoms with E-state index in [9.17, 15) is 24.6 Å². The van der Waals surface area contributed by atoms with Crippen molar-refractivity contribution in [1.82, 2.24) is 10.2 Å². The van der Waals surface area contributed by atoms with Crippen LogP contribution in [0.2, 0.25) is 0 Å². The SMILES string of the molecule is COc1cc(C=O)cc2c1O[C@@H]1[C@@H](O)[C@H](N(CC34CC5CC(CC(C5)C3)C4)C(=O)CC3CCCC3)C=C(C(=O)NCCO)[C@H]21. The molecule has 1 aromatic rings. The predicted octanol–water partition coefficient (Wildman–Crippen LogP) is 3.76. The summed E-state index contributed by atoms with van der Waals surface area (Å²) in [5, 5.41) is 24.4. The van der Waals surface area contributed by atoms with Crippen LogP contribution in [0.4, 0.5) is 0 Å². The number of carbonyl (C=O) groups is 3. The van der Waals surface area contributed by atoms with E-state index in [4.69, 9.17) is 9.47 Å². The number of carbonyl (C=O) groups excluding carboxylic acids is 3. The lowest BCUT2D eigenvalue weighted by Crippen LogP contribution is -2.60. The van der Waals surface area contributed by atoms with Crippen molar-refractivity contribution >= 4 is 18.1 Å². The summed E-state index contributed by atoms with van der Waals surface area (Å²) in [6, 6.07) is 2.54. The van der Waals surface area contributed by atoms with Crippen molar-refractivity contribution in [3.8, 4) is 11.5 Å². The third-order valence-electron chi connectivity index (χ3n) is 11.7. The molecule has 1 aromatic carbocycles. The lowest BCUT2D eigenvalue weighted by Gasteiger charge is -2.58. The Bertz CT molecular complexity index is 1300. The molecule has 0 radical (unpaired) electrons. The van der Waals surface area contributed by atoms with Crippen molar-refractivity contribution in [2.45, 2.75) is 94.8 Å². The molecule has 7 aliphatic rings. The fourth-order valence-electron chi connectivity index (χ4n) is 10.3. The number of benzene rings is 1. The minimum atomic E-state index is -1.09. The normalized spacial score (nSPS) is 35.0. The Morgan fingerprint density at radius 3 is 2.41 bits per heavy atom. The van der Waals surface area contributed by atoms with E-state index in [1.54, 1.807) is 18.2 Å². The highest BCUT2D eigenvalue weighted by Crippen LogP contribution is 2.60. The number of amides is 2. The fraction of sp³-hybridized carbons (Fsp3) is 0.686. The maximum Gasteiger partial charge on any atom is 0.247 e. The molecule has 4 bridgehead atoms. The van der Waals surface area contributed by atoms with E-state index in [2.05, 4.69) is 5.32 Å². The molecule has 0 aromatic heterocycles. The van der Waals surface area contributed by atoms with Crippen LogP contribution in [-0.2, 0) is 9.59 Å². The Morgan fingerprint density at radius 1 is 1.11 bits per heavy atom.